The Labute approximate surface area is 437 Å². The molecule has 69 heavy (non-hydrogen) atoms. The van der Waals surface area contributed by atoms with Crippen LogP contribution in [0.3, 0.4) is 0 Å². The standard InChI is InChI=1S/6C10H22O.C2H6O/c6*1-3-5-6-7-8-9-10(11)4-2;1-2-3/h6*10-11H,3-9H2,1-2H3;3H,2H2,1H3. The van der Waals surface area contributed by atoms with Crippen LogP contribution in [0.15, 0.2) is 0 Å². The average molecular weight is 996 g/mol. The van der Waals surface area contributed by atoms with Crippen molar-refractivity contribution in [1.29, 1.82) is 0 Å². The molecule has 0 rings (SSSR count). The van der Waals surface area contributed by atoms with Crippen LogP contribution >= 0.6 is 0 Å². The van der Waals surface area contributed by atoms with E-state index < -0.39 is 0 Å². The van der Waals surface area contributed by atoms with Gasteiger partial charge in [0.15, 0.2) is 0 Å². The molecule has 0 aliphatic carbocycles. The van der Waals surface area contributed by atoms with Gasteiger partial charge in [0.1, 0.15) is 0 Å². The fraction of sp³-hybridized carbons (Fsp3) is 1.00. The van der Waals surface area contributed by atoms with E-state index in [1.165, 1.54) is 193 Å². The fourth-order valence-corrected chi connectivity index (χ4v) is 7.13. The molecule has 428 valence electrons. The summed E-state index contributed by atoms with van der Waals surface area (Å²) in [6.07, 6.45) is 50.1. The highest BCUT2D eigenvalue weighted by atomic mass is 16.3. The number of unbranched alkanes of at least 4 members (excludes halogenated alkanes) is 24. The molecular weight excluding hydrogens is 857 g/mol. The van der Waals surface area contributed by atoms with Crippen LogP contribution in [0.5, 0.6) is 0 Å². The van der Waals surface area contributed by atoms with Crippen molar-refractivity contribution in [3.05, 3.63) is 0 Å². The molecule has 7 N–H and O–H groups in total. The Hall–Kier alpha value is -0.280. The van der Waals surface area contributed by atoms with Crippen molar-refractivity contribution in [2.75, 3.05) is 6.61 Å². The molecule has 0 aromatic heterocycles. The largest absolute Gasteiger partial charge is 0.397 e. The molecule has 0 radical (unpaired) electrons. The first-order valence-corrected chi connectivity index (χ1v) is 31.0. The summed E-state index contributed by atoms with van der Waals surface area (Å²) in [4.78, 5) is 0. The molecular formula is C62H138O7. The minimum atomic E-state index is -0.0448. The summed E-state index contributed by atoms with van der Waals surface area (Å²) in [5, 5.41) is 62.9. The third kappa shape index (κ3) is 101. The lowest BCUT2D eigenvalue weighted by atomic mass is 10.1. The second kappa shape index (κ2) is 81.8. The van der Waals surface area contributed by atoms with E-state index in [1.54, 1.807) is 6.92 Å². The number of rotatable bonds is 42. The van der Waals surface area contributed by atoms with E-state index in [-0.39, 0.29) is 43.2 Å². The van der Waals surface area contributed by atoms with Crippen molar-refractivity contribution in [1.82, 2.24) is 0 Å². The highest BCUT2D eigenvalue weighted by molar-refractivity contribution is 4.56. The van der Waals surface area contributed by atoms with Gasteiger partial charge in [-0.1, -0.05) is 276 Å². The van der Waals surface area contributed by atoms with Crippen LogP contribution in [0.1, 0.15) is 360 Å². The van der Waals surface area contributed by atoms with Gasteiger partial charge in [0.25, 0.3) is 0 Å². The molecule has 6 unspecified atom stereocenters. The minimum absolute atomic E-state index is 0.0448. The molecule has 0 spiro atoms. The van der Waals surface area contributed by atoms with Gasteiger partial charge in [0.05, 0.1) is 36.6 Å². The molecule has 0 aromatic rings. The molecule has 0 heterocycles. The lowest BCUT2D eigenvalue weighted by molar-refractivity contribution is 0.156. The summed E-state index contributed by atoms with van der Waals surface area (Å²) >= 11 is 0. The van der Waals surface area contributed by atoms with E-state index in [2.05, 4.69) is 41.5 Å². The number of hydrogen-bond donors (Lipinski definition) is 7. The van der Waals surface area contributed by atoms with E-state index in [1.807, 2.05) is 41.5 Å². The third-order valence-corrected chi connectivity index (χ3v) is 12.7. The topological polar surface area (TPSA) is 142 Å². The Morgan fingerprint density at radius 2 is 0.290 bits per heavy atom. The van der Waals surface area contributed by atoms with E-state index in [4.69, 9.17) is 5.11 Å². The highest BCUT2D eigenvalue weighted by Gasteiger charge is 2.03. The van der Waals surface area contributed by atoms with Crippen LogP contribution in [-0.4, -0.2) is 79.0 Å². The predicted molar refractivity (Wildman–Crippen MR) is 311 cm³/mol. The van der Waals surface area contributed by atoms with E-state index in [0.29, 0.717) is 0 Å². The van der Waals surface area contributed by atoms with Crippen LogP contribution in [0.25, 0.3) is 0 Å². The Morgan fingerprint density at radius 3 is 0.377 bits per heavy atom. The van der Waals surface area contributed by atoms with Crippen LogP contribution in [0, 0.1) is 0 Å². The lowest BCUT2D eigenvalue weighted by Crippen LogP contribution is -2.03. The third-order valence-electron chi connectivity index (χ3n) is 12.7. The van der Waals surface area contributed by atoms with Gasteiger partial charge < -0.3 is 35.7 Å². The van der Waals surface area contributed by atoms with Crippen LogP contribution < -0.4 is 0 Å². The molecule has 0 fully saturated rings. The van der Waals surface area contributed by atoms with Crippen molar-refractivity contribution >= 4 is 0 Å². The Balaban J connectivity index is -0.000000132. The molecule has 0 bridgehead atoms. The molecule has 6 atom stereocenters. The molecule has 0 amide bonds. The second-order valence-corrected chi connectivity index (χ2v) is 19.9. The van der Waals surface area contributed by atoms with Gasteiger partial charge in [0, 0.05) is 6.61 Å². The summed E-state index contributed by atoms with van der Waals surface area (Å²) in [5.74, 6) is 0. The maximum absolute atomic E-state index is 9.21. The van der Waals surface area contributed by atoms with E-state index >= 15 is 0 Å². The van der Waals surface area contributed by atoms with Gasteiger partial charge in [0.2, 0.25) is 0 Å². The predicted octanol–water partition coefficient (Wildman–Crippen LogP) is 18.7. The molecule has 0 aromatic carbocycles. The zero-order valence-corrected chi connectivity index (χ0v) is 50.0. The first-order chi connectivity index (χ1) is 33.3. The molecule has 7 heteroatoms. The Bertz CT molecular complexity index is 601. The van der Waals surface area contributed by atoms with Gasteiger partial charge >= 0.3 is 0 Å². The normalized spacial score (nSPS) is 13.0. The first kappa shape index (κ1) is 82.7. The van der Waals surface area contributed by atoms with Crippen molar-refractivity contribution < 1.29 is 35.7 Å². The summed E-state index contributed by atoms with van der Waals surface area (Å²) in [5.41, 5.74) is 0. The summed E-state index contributed by atoms with van der Waals surface area (Å²) in [7, 11) is 0. The minimum Gasteiger partial charge on any atom is -0.397 e. The summed E-state index contributed by atoms with van der Waals surface area (Å²) in [6.45, 7) is 27.5. The van der Waals surface area contributed by atoms with Crippen LogP contribution in [0.4, 0.5) is 0 Å². The molecule has 0 saturated carbocycles. The molecule has 7 nitrogen and oxygen atoms in total. The zero-order valence-electron chi connectivity index (χ0n) is 50.0. The number of aliphatic hydroxyl groups is 7. The van der Waals surface area contributed by atoms with Gasteiger partial charge in [-0.05, 0) is 84.0 Å². The quantitative estimate of drug-likeness (QED) is 0.0302. The van der Waals surface area contributed by atoms with Crippen LogP contribution in [0.2, 0.25) is 0 Å². The van der Waals surface area contributed by atoms with Crippen molar-refractivity contribution in [3.63, 3.8) is 0 Å². The van der Waals surface area contributed by atoms with E-state index in [0.717, 1.165) is 77.0 Å². The SMILES string of the molecule is CCCCCCCC(O)CC.CCCCCCCC(O)CC.CCCCCCCC(O)CC.CCCCCCCC(O)CC.CCCCCCCC(O)CC.CCCCCCCC(O)CC.CCO. The number of hydrogen-bond acceptors (Lipinski definition) is 7. The summed E-state index contributed by atoms with van der Waals surface area (Å²) < 4.78 is 0. The van der Waals surface area contributed by atoms with Gasteiger partial charge in [-0.2, -0.15) is 0 Å². The highest BCUT2D eigenvalue weighted by Crippen LogP contribution is 2.13. The van der Waals surface area contributed by atoms with Gasteiger partial charge in [-0.15, -0.1) is 0 Å². The number of aliphatic hydroxyl groups excluding tert-OH is 7. The monoisotopic (exact) mass is 995 g/mol. The van der Waals surface area contributed by atoms with Gasteiger partial charge in [-0.3, -0.25) is 0 Å². The van der Waals surface area contributed by atoms with Crippen molar-refractivity contribution in [2.45, 2.75) is 396 Å². The van der Waals surface area contributed by atoms with E-state index in [9.17, 15) is 30.6 Å². The Morgan fingerprint density at radius 1 is 0.188 bits per heavy atom. The maximum Gasteiger partial charge on any atom is 0.0537 e. The van der Waals surface area contributed by atoms with Crippen molar-refractivity contribution in [3.8, 4) is 0 Å². The first-order valence-electron chi connectivity index (χ1n) is 31.0. The Kier molecular flexibility index (Phi) is 98.0. The molecule has 0 aliphatic heterocycles. The summed E-state index contributed by atoms with van der Waals surface area (Å²) in [6, 6.07) is 0. The van der Waals surface area contributed by atoms with Crippen molar-refractivity contribution in [2.24, 2.45) is 0 Å². The smallest absolute Gasteiger partial charge is 0.0537 e. The molecule has 0 aliphatic rings. The average Bonchev–Trinajstić information content (AvgIpc) is 3.36. The maximum atomic E-state index is 9.21. The van der Waals surface area contributed by atoms with Crippen LogP contribution in [-0.2, 0) is 0 Å². The lowest BCUT2D eigenvalue weighted by Gasteiger charge is -2.05. The van der Waals surface area contributed by atoms with Gasteiger partial charge in [-0.25, -0.2) is 0 Å². The zero-order chi connectivity index (χ0) is 53.9. The fourth-order valence-electron chi connectivity index (χ4n) is 7.13. The molecule has 0 saturated heterocycles. The second-order valence-electron chi connectivity index (χ2n) is 19.9.